The number of methoxy groups -OCH3 is 1. The normalized spacial score (nSPS) is 15.7. The van der Waals surface area contributed by atoms with Crippen LogP contribution in [0.15, 0.2) is 42.6 Å². The average molecular weight is 397 g/mol. The molecule has 1 aliphatic carbocycles. The number of pyridine rings is 1. The molecule has 0 saturated heterocycles. The van der Waals surface area contributed by atoms with Crippen molar-refractivity contribution in [2.24, 2.45) is 0 Å². The number of nitrogens with zero attached hydrogens (tertiary/aromatic N) is 2. The van der Waals surface area contributed by atoms with E-state index in [4.69, 9.17) is 9.72 Å². The van der Waals surface area contributed by atoms with E-state index in [1.54, 1.807) is 48.9 Å². The van der Waals surface area contributed by atoms with Crippen molar-refractivity contribution in [3.8, 4) is 16.3 Å². The van der Waals surface area contributed by atoms with Crippen LogP contribution in [0.2, 0.25) is 0 Å². The van der Waals surface area contributed by atoms with E-state index < -0.39 is 0 Å². The van der Waals surface area contributed by atoms with Crippen LogP contribution in [0.3, 0.4) is 0 Å². The Morgan fingerprint density at radius 1 is 1.32 bits per heavy atom. The van der Waals surface area contributed by atoms with Crippen molar-refractivity contribution in [1.29, 1.82) is 0 Å². The zero-order chi connectivity index (χ0) is 19.5. The fourth-order valence-corrected chi connectivity index (χ4v) is 4.62. The lowest BCUT2D eigenvalue weighted by atomic mass is 9.98. The van der Waals surface area contributed by atoms with Crippen LogP contribution in [-0.4, -0.2) is 23.0 Å². The number of aryl methyl sites for hydroxylation is 1. The Hall–Kier alpha value is -2.80. The Morgan fingerprint density at radius 3 is 2.93 bits per heavy atom. The molecule has 3 aromatic rings. The Morgan fingerprint density at radius 2 is 2.14 bits per heavy atom. The molecule has 0 saturated carbocycles. The molecule has 1 amide bonds. The number of nitrogens with one attached hydrogen (secondary N) is 1. The molecule has 1 aromatic carbocycles. The summed E-state index contributed by atoms with van der Waals surface area (Å²) in [6.45, 7) is 0. The Labute approximate surface area is 166 Å². The summed E-state index contributed by atoms with van der Waals surface area (Å²) >= 11 is 1.57. The van der Waals surface area contributed by atoms with Gasteiger partial charge in [-0.25, -0.2) is 9.37 Å². The maximum atomic E-state index is 13.2. The number of hydrogen-bond acceptors (Lipinski definition) is 5. The van der Waals surface area contributed by atoms with E-state index in [-0.39, 0.29) is 24.2 Å². The van der Waals surface area contributed by atoms with E-state index in [0.29, 0.717) is 11.4 Å². The highest BCUT2D eigenvalue weighted by Crippen LogP contribution is 2.38. The molecule has 5 nitrogen and oxygen atoms in total. The van der Waals surface area contributed by atoms with Gasteiger partial charge >= 0.3 is 0 Å². The van der Waals surface area contributed by atoms with Gasteiger partial charge in [-0.2, -0.15) is 0 Å². The van der Waals surface area contributed by atoms with Crippen molar-refractivity contribution in [3.05, 3.63) is 64.7 Å². The predicted octanol–water partition coefficient (Wildman–Crippen LogP) is 4.09. The lowest BCUT2D eigenvalue weighted by Gasteiger charge is -2.22. The number of thiazole rings is 1. The van der Waals surface area contributed by atoms with Crippen LogP contribution in [0.25, 0.3) is 10.6 Å². The maximum absolute atomic E-state index is 13.2. The summed E-state index contributed by atoms with van der Waals surface area (Å²) in [6, 6.07) is 9.87. The van der Waals surface area contributed by atoms with Crippen LogP contribution in [-0.2, 0) is 17.6 Å². The monoisotopic (exact) mass is 397 g/mol. The predicted molar refractivity (Wildman–Crippen MR) is 106 cm³/mol. The first kappa shape index (κ1) is 18.6. The lowest BCUT2D eigenvalue weighted by molar-refractivity contribution is -0.121. The van der Waals surface area contributed by atoms with Gasteiger partial charge in [-0.3, -0.25) is 9.78 Å². The second-order valence-electron chi connectivity index (χ2n) is 6.68. The summed E-state index contributed by atoms with van der Waals surface area (Å²) in [6.07, 6.45) is 4.57. The fourth-order valence-electron chi connectivity index (χ4n) is 3.41. The van der Waals surface area contributed by atoms with Crippen LogP contribution in [0, 0.1) is 5.82 Å². The number of carbonyl (C=O) groups is 1. The van der Waals surface area contributed by atoms with Gasteiger partial charge in [0.1, 0.15) is 16.6 Å². The van der Waals surface area contributed by atoms with Crippen molar-refractivity contribution in [1.82, 2.24) is 15.3 Å². The summed E-state index contributed by atoms with van der Waals surface area (Å²) in [7, 11) is 1.57. The molecule has 2 heterocycles. The highest BCUT2D eigenvalue weighted by atomic mass is 32.1. The minimum absolute atomic E-state index is 0.0577. The summed E-state index contributed by atoms with van der Waals surface area (Å²) in [5, 5.41) is 3.98. The Balaban J connectivity index is 1.51. The van der Waals surface area contributed by atoms with Crippen LogP contribution < -0.4 is 10.1 Å². The van der Waals surface area contributed by atoms with Crippen molar-refractivity contribution >= 4 is 17.2 Å². The van der Waals surface area contributed by atoms with Crippen molar-refractivity contribution in [2.45, 2.75) is 31.7 Å². The summed E-state index contributed by atoms with van der Waals surface area (Å²) in [5.74, 6) is 0.255. The van der Waals surface area contributed by atoms with Crippen LogP contribution >= 0.6 is 11.3 Å². The fraction of sp³-hybridized carbons (Fsp3) is 0.286. The SMILES string of the molecule is COc1cccnc1CC(=O)NC1CCCc2nc(-c3ccc(F)cc3)sc21. The number of ether oxygens (including phenoxy) is 1. The molecule has 0 spiro atoms. The molecule has 0 bridgehead atoms. The first-order valence-electron chi connectivity index (χ1n) is 9.17. The van der Waals surface area contributed by atoms with E-state index in [1.807, 2.05) is 0 Å². The van der Waals surface area contributed by atoms with Gasteiger partial charge in [0.15, 0.2) is 0 Å². The third-order valence-electron chi connectivity index (χ3n) is 4.77. The molecule has 2 aromatic heterocycles. The number of hydrogen-bond donors (Lipinski definition) is 1. The molecule has 144 valence electrons. The second kappa shape index (κ2) is 8.06. The highest BCUT2D eigenvalue weighted by Gasteiger charge is 2.26. The van der Waals surface area contributed by atoms with Gasteiger partial charge < -0.3 is 10.1 Å². The highest BCUT2D eigenvalue weighted by molar-refractivity contribution is 7.15. The van der Waals surface area contributed by atoms with Crippen LogP contribution in [0.5, 0.6) is 5.75 Å². The maximum Gasteiger partial charge on any atom is 0.226 e. The first-order valence-corrected chi connectivity index (χ1v) is 9.98. The molecule has 0 aliphatic heterocycles. The standard InChI is InChI=1S/C21H20FN3O2S/c1-27-18-6-3-11-23-17(18)12-19(26)24-15-4-2-5-16-20(15)28-21(25-16)13-7-9-14(22)10-8-13/h3,6-11,15H,2,4-5,12H2,1H3,(H,24,26). The van der Waals surface area contributed by atoms with Gasteiger partial charge in [0, 0.05) is 11.8 Å². The molecule has 28 heavy (non-hydrogen) atoms. The third kappa shape index (κ3) is 3.89. The third-order valence-corrected chi connectivity index (χ3v) is 6.03. The number of aromatic nitrogens is 2. The number of fused-ring (bicyclic) bond motifs is 1. The smallest absolute Gasteiger partial charge is 0.226 e. The molecule has 0 fully saturated rings. The molecular weight excluding hydrogens is 377 g/mol. The molecule has 1 aliphatic rings. The number of halogens is 1. The van der Waals surface area contributed by atoms with Gasteiger partial charge in [-0.1, -0.05) is 0 Å². The number of rotatable bonds is 5. The number of benzene rings is 1. The number of carbonyl (C=O) groups excluding carboxylic acids is 1. The molecule has 4 rings (SSSR count). The van der Waals surface area contributed by atoms with Gasteiger partial charge in [-0.15, -0.1) is 11.3 Å². The molecule has 1 atom stereocenters. The van der Waals surface area contributed by atoms with Gasteiger partial charge in [-0.05, 0) is 55.7 Å². The minimum atomic E-state index is -0.264. The first-order chi connectivity index (χ1) is 13.6. The number of amides is 1. The second-order valence-corrected chi connectivity index (χ2v) is 7.71. The summed E-state index contributed by atoms with van der Waals surface area (Å²) < 4.78 is 18.5. The topological polar surface area (TPSA) is 64.1 Å². The van der Waals surface area contributed by atoms with E-state index in [2.05, 4.69) is 10.3 Å². The Kier molecular flexibility index (Phi) is 5.34. The van der Waals surface area contributed by atoms with Gasteiger partial charge in [0.05, 0.1) is 35.8 Å². The quantitative estimate of drug-likeness (QED) is 0.704. The van der Waals surface area contributed by atoms with Crippen molar-refractivity contribution < 1.29 is 13.9 Å². The summed E-state index contributed by atoms with van der Waals surface area (Å²) in [4.78, 5) is 22.7. The molecule has 0 radical (unpaired) electrons. The molecule has 1 N–H and O–H groups in total. The summed E-state index contributed by atoms with van der Waals surface area (Å²) in [5.41, 5.74) is 2.54. The molecule has 7 heteroatoms. The van der Waals surface area contributed by atoms with Gasteiger partial charge in [0.2, 0.25) is 5.91 Å². The van der Waals surface area contributed by atoms with Crippen LogP contribution in [0.1, 0.15) is 35.1 Å². The lowest BCUT2D eigenvalue weighted by Crippen LogP contribution is -2.31. The van der Waals surface area contributed by atoms with E-state index in [1.165, 1.54) is 12.1 Å². The van der Waals surface area contributed by atoms with E-state index >= 15 is 0 Å². The Bertz CT molecular complexity index is 988. The van der Waals surface area contributed by atoms with Gasteiger partial charge in [0.25, 0.3) is 0 Å². The minimum Gasteiger partial charge on any atom is -0.495 e. The zero-order valence-corrected chi connectivity index (χ0v) is 16.3. The van der Waals surface area contributed by atoms with Crippen LogP contribution in [0.4, 0.5) is 4.39 Å². The van der Waals surface area contributed by atoms with Crippen molar-refractivity contribution in [2.75, 3.05) is 7.11 Å². The molecule has 1 unspecified atom stereocenters. The largest absolute Gasteiger partial charge is 0.495 e. The van der Waals surface area contributed by atoms with E-state index in [0.717, 1.165) is 40.4 Å². The van der Waals surface area contributed by atoms with Crippen molar-refractivity contribution in [3.63, 3.8) is 0 Å². The van der Waals surface area contributed by atoms with E-state index in [9.17, 15) is 9.18 Å². The zero-order valence-electron chi connectivity index (χ0n) is 15.4. The molecular formula is C21H20FN3O2S. The average Bonchev–Trinajstić information content (AvgIpc) is 3.14.